The van der Waals surface area contributed by atoms with Gasteiger partial charge in [-0.15, -0.1) is 0 Å². The first-order valence-electron chi connectivity index (χ1n) is 16.9. The highest BCUT2D eigenvalue weighted by Gasteiger charge is 2.41. The van der Waals surface area contributed by atoms with Gasteiger partial charge < -0.3 is 30.3 Å². The molecule has 8 nitrogen and oxygen atoms in total. The average Bonchev–Trinajstić information content (AvgIpc) is 3.02. The molecule has 2 fully saturated rings. The summed E-state index contributed by atoms with van der Waals surface area (Å²) >= 11 is 7.16. The second-order valence-electron chi connectivity index (χ2n) is 12.8. The molecule has 2 N–H and O–H groups in total. The molecule has 2 aromatic carbocycles. The van der Waals surface area contributed by atoms with Gasteiger partial charge in [-0.1, -0.05) is 59.6 Å². The zero-order chi connectivity index (χ0) is 32.8. The summed E-state index contributed by atoms with van der Waals surface area (Å²) < 4.78 is 0.740. The number of carbonyl (C=O) groups is 2. The number of piperidine rings is 2. The van der Waals surface area contributed by atoms with Gasteiger partial charge in [0, 0.05) is 39.6 Å². The van der Waals surface area contributed by atoms with E-state index in [1.54, 1.807) is 0 Å². The number of hydrogen-bond acceptors (Lipinski definition) is 4. The first kappa shape index (κ1) is 36.0. The topological polar surface area (TPSA) is 104 Å². The van der Waals surface area contributed by atoms with Gasteiger partial charge in [0.1, 0.15) is 0 Å². The van der Waals surface area contributed by atoms with Gasteiger partial charge in [-0.05, 0) is 97.9 Å². The van der Waals surface area contributed by atoms with Crippen molar-refractivity contribution in [3.8, 4) is 0 Å². The summed E-state index contributed by atoms with van der Waals surface area (Å²) in [7, 11) is 0. The quantitative estimate of drug-likeness (QED) is 0.169. The zero-order valence-corrected chi connectivity index (χ0v) is 30.5. The highest BCUT2D eigenvalue weighted by Crippen LogP contribution is 2.33. The second-order valence-corrected chi connectivity index (χ2v) is 14.6. The normalized spacial score (nSPS) is 25.2. The number of nitrogens with zero attached hydrogens (tertiary/aromatic N) is 2. The van der Waals surface area contributed by atoms with Crippen molar-refractivity contribution >= 4 is 55.0 Å². The van der Waals surface area contributed by atoms with E-state index in [1.807, 2.05) is 24.3 Å². The van der Waals surface area contributed by atoms with Crippen LogP contribution in [0.5, 0.6) is 0 Å². The van der Waals surface area contributed by atoms with Crippen LogP contribution in [-0.4, -0.2) is 59.4 Å². The third kappa shape index (κ3) is 8.37. The van der Waals surface area contributed by atoms with E-state index in [2.05, 4.69) is 70.2 Å². The number of nitrogens with one attached hydrogen (secondary N) is 2. The number of hydroxylamine groups is 6. The zero-order valence-electron chi connectivity index (χ0n) is 27.4. The Hall–Kier alpha value is -1.82. The Morgan fingerprint density at radius 1 is 0.667 bits per heavy atom. The molecule has 2 aliphatic heterocycles. The fraction of sp³-hybridized carbons (Fsp3) is 0.600. The molecule has 2 saturated heterocycles. The van der Waals surface area contributed by atoms with Gasteiger partial charge >= 0.3 is 0 Å². The van der Waals surface area contributed by atoms with Crippen molar-refractivity contribution in [2.45, 2.75) is 110 Å². The molecule has 0 radical (unpaired) electrons. The van der Waals surface area contributed by atoms with Crippen molar-refractivity contribution in [2.75, 3.05) is 36.8 Å². The molecule has 4 rings (SSSR count). The number of carbonyl (C=O) groups excluding carboxylic acids is 2. The van der Waals surface area contributed by atoms with Gasteiger partial charge in [-0.3, -0.25) is 9.59 Å². The summed E-state index contributed by atoms with van der Waals surface area (Å²) in [5.74, 6) is -0.462. The summed E-state index contributed by atoms with van der Waals surface area (Å²) in [6, 6.07) is 6.69. The van der Waals surface area contributed by atoms with Crippen LogP contribution >= 0.6 is 31.9 Å². The molecule has 0 saturated carbocycles. The molecule has 2 aromatic rings. The van der Waals surface area contributed by atoms with Gasteiger partial charge in [-0.25, -0.2) is 0 Å². The predicted molar refractivity (Wildman–Crippen MR) is 190 cm³/mol. The fourth-order valence-corrected chi connectivity index (χ4v) is 8.45. The maximum Gasteiger partial charge on any atom is 0.283 e. The number of quaternary nitrogens is 2. The summed E-state index contributed by atoms with van der Waals surface area (Å²) in [6.07, 6.45) is 7.71. The van der Waals surface area contributed by atoms with E-state index in [1.165, 1.54) is 0 Å². The number of benzene rings is 2. The molecule has 0 aliphatic carbocycles. The number of aryl methyl sites for hydroxylation is 4. The van der Waals surface area contributed by atoms with Crippen LogP contribution in [0.25, 0.3) is 0 Å². The highest BCUT2D eigenvalue weighted by atomic mass is 79.9. The Kier molecular flexibility index (Phi) is 12.7. The Morgan fingerprint density at radius 2 is 1.00 bits per heavy atom. The van der Waals surface area contributed by atoms with E-state index in [9.17, 15) is 20.0 Å². The van der Waals surface area contributed by atoms with Crippen molar-refractivity contribution < 1.29 is 18.9 Å². The van der Waals surface area contributed by atoms with Crippen LogP contribution in [0.4, 0.5) is 11.4 Å². The van der Waals surface area contributed by atoms with E-state index >= 15 is 0 Å². The van der Waals surface area contributed by atoms with Crippen LogP contribution in [0.2, 0.25) is 0 Å². The van der Waals surface area contributed by atoms with Crippen LogP contribution in [0.3, 0.4) is 0 Å². The summed E-state index contributed by atoms with van der Waals surface area (Å²) in [5.41, 5.74) is 5.81. The molecule has 2 heterocycles. The number of halogens is 2. The summed E-state index contributed by atoms with van der Waals surface area (Å²) in [5, 5.41) is 34.9. The first-order valence-corrected chi connectivity index (χ1v) is 18.5. The second kappa shape index (κ2) is 15.8. The van der Waals surface area contributed by atoms with E-state index in [0.29, 0.717) is 32.4 Å². The minimum Gasteiger partial charge on any atom is -0.632 e. The Balaban J connectivity index is 1.47. The highest BCUT2D eigenvalue weighted by molar-refractivity contribution is 9.10. The monoisotopic (exact) mass is 748 g/mol. The van der Waals surface area contributed by atoms with Gasteiger partial charge in [0.25, 0.3) is 11.8 Å². The number of anilines is 2. The van der Waals surface area contributed by atoms with Crippen LogP contribution in [-0.2, 0) is 35.3 Å². The number of rotatable bonds is 12. The molecule has 4 atom stereocenters. The first-order chi connectivity index (χ1) is 21.5. The number of likely N-dealkylation sites (tertiary alicyclic amines) is 2. The lowest BCUT2D eigenvalue weighted by atomic mass is 9.97. The predicted octanol–water partition coefficient (Wildman–Crippen LogP) is 8.16. The lowest BCUT2D eigenvalue weighted by Crippen LogP contribution is -2.61. The Bertz CT molecular complexity index is 1220. The number of hydrogen-bond donors (Lipinski definition) is 2. The maximum atomic E-state index is 14.3. The van der Waals surface area contributed by atoms with E-state index in [-0.39, 0.29) is 24.9 Å². The van der Waals surface area contributed by atoms with Gasteiger partial charge in [0.05, 0.1) is 26.2 Å². The van der Waals surface area contributed by atoms with E-state index < -0.39 is 21.4 Å². The molecule has 0 spiro atoms. The lowest BCUT2D eigenvalue weighted by molar-refractivity contribution is -0.919. The minimum atomic E-state index is -0.713. The molecule has 0 bridgehead atoms. The molecule has 2 aliphatic rings. The third-order valence-corrected chi connectivity index (χ3v) is 10.8. The standard InChI is InChI=1S/C35H50Br2N4O4/c1-5-24-20-28(36)21-25(6-2)32(24)38-34(42)30-14-9-11-16-40(30,44)18-13-19-41(45)17-12-10-15-31(41)35(43)39-33-26(7-3)22-29(37)23-27(33)8-4/h20-23,30-31H,5-19H2,1-4H3,(H,38,42)(H,39,43)/t30-,31-,40+,41+/m1/s1. The van der Waals surface area contributed by atoms with Gasteiger partial charge in [0.15, 0.2) is 12.1 Å². The van der Waals surface area contributed by atoms with Crippen LogP contribution in [0.1, 0.15) is 94.9 Å². The molecule has 2 amide bonds. The van der Waals surface area contributed by atoms with Crippen LogP contribution in [0.15, 0.2) is 33.2 Å². The van der Waals surface area contributed by atoms with Gasteiger partial charge in [-0.2, -0.15) is 0 Å². The molecule has 10 heteroatoms. The SMILES string of the molecule is CCc1cc(Br)cc(CC)c1NC(=O)[C@H]1CCCC[N@+]1([O-])CCC[N@@+]1([O-])CCCC[C@@H]1C(=O)Nc1c(CC)cc(Br)cc1CC. The van der Waals surface area contributed by atoms with Crippen molar-refractivity contribution in [2.24, 2.45) is 0 Å². The molecular weight excluding hydrogens is 700 g/mol. The van der Waals surface area contributed by atoms with Crippen molar-refractivity contribution in [1.29, 1.82) is 0 Å². The molecule has 248 valence electrons. The van der Waals surface area contributed by atoms with Crippen molar-refractivity contribution in [3.05, 3.63) is 65.9 Å². The third-order valence-electron chi connectivity index (χ3n) is 9.90. The van der Waals surface area contributed by atoms with Crippen molar-refractivity contribution in [3.63, 3.8) is 0 Å². The Morgan fingerprint density at radius 3 is 1.31 bits per heavy atom. The lowest BCUT2D eigenvalue weighted by Gasteiger charge is -2.53. The van der Waals surface area contributed by atoms with Crippen LogP contribution < -0.4 is 10.6 Å². The molecule has 0 unspecified atom stereocenters. The van der Waals surface area contributed by atoms with Crippen molar-refractivity contribution in [1.82, 2.24) is 0 Å². The summed E-state index contributed by atoms with van der Waals surface area (Å²) in [4.78, 5) is 27.4. The molecular formula is C35H50Br2N4O4. The number of amides is 2. The average molecular weight is 751 g/mol. The van der Waals surface area contributed by atoms with Crippen LogP contribution in [0, 0.1) is 10.4 Å². The molecule has 0 aromatic heterocycles. The van der Waals surface area contributed by atoms with Gasteiger partial charge in [0.2, 0.25) is 0 Å². The minimum absolute atomic E-state index is 0.197. The van der Waals surface area contributed by atoms with E-state index in [4.69, 9.17) is 0 Å². The fourth-order valence-electron chi connectivity index (χ4n) is 7.35. The van der Waals surface area contributed by atoms with E-state index in [0.717, 1.165) is 93.9 Å². The smallest absolute Gasteiger partial charge is 0.283 e. The molecule has 45 heavy (non-hydrogen) atoms. The summed E-state index contributed by atoms with van der Waals surface area (Å²) in [6.45, 7) is 9.37. The maximum absolute atomic E-state index is 14.3. The Labute approximate surface area is 285 Å². The largest absolute Gasteiger partial charge is 0.632 e.